The molecule has 1 saturated heterocycles. The van der Waals surface area contributed by atoms with Crippen LogP contribution in [0, 0.1) is 11.3 Å². The van der Waals surface area contributed by atoms with E-state index in [-0.39, 0.29) is 11.8 Å². The molecule has 1 heterocycles. The summed E-state index contributed by atoms with van der Waals surface area (Å²) in [6.45, 7) is 8.52. The molecular formula is C14H24F2N2O2. The highest BCUT2D eigenvalue weighted by molar-refractivity contribution is 5.97. The van der Waals surface area contributed by atoms with Gasteiger partial charge in [0.15, 0.2) is 0 Å². The zero-order valence-electron chi connectivity index (χ0n) is 12.7. The number of alkyl halides is 2. The van der Waals surface area contributed by atoms with Crippen molar-refractivity contribution < 1.29 is 18.4 Å². The first-order valence-corrected chi connectivity index (χ1v) is 6.93. The highest BCUT2D eigenvalue weighted by Gasteiger charge is 2.45. The van der Waals surface area contributed by atoms with Crippen molar-refractivity contribution in [2.45, 2.75) is 59.5 Å². The lowest BCUT2D eigenvalue weighted by molar-refractivity contribution is -0.155. The number of rotatable bonds is 4. The van der Waals surface area contributed by atoms with Gasteiger partial charge < -0.3 is 10.2 Å². The number of carbonyl (C=O) groups excluding carboxylic acids is 2. The molecule has 1 rings (SSSR count). The molecule has 6 heteroatoms. The van der Waals surface area contributed by atoms with E-state index in [0.29, 0.717) is 6.42 Å². The topological polar surface area (TPSA) is 49.4 Å². The molecule has 0 aromatic heterocycles. The van der Waals surface area contributed by atoms with E-state index in [2.05, 4.69) is 5.32 Å². The summed E-state index contributed by atoms with van der Waals surface area (Å²) in [5, 5.41) is 2.69. The number of nitrogens with zero attached hydrogens (tertiary/aromatic N) is 1. The maximum Gasteiger partial charge on any atom is 0.255 e. The van der Waals surface area contributed by atoms with Gasteiger partial charge in [0.1, 0.15) is 12.1 Å². The Kier molecular flexibility index (Phi) is 5.10. The van der Waals surface area contributed by atoms with Gasteiger partial charge in [-0.05, 0) is 17.8 Å². The van der Waals surface area contributed by atoms with E-state index in [9.17, 15) is 18.4 Å². The zero-order chi connectivity index (χ0) is 15.7. The van der Waals surface area contributed by atoms with Gasteiger partial charge >= 0.3 is 0 Å². The average Bonchev–Trinajstić information content (AvgIpc) is 2.25. The summed E-state index contributed by atoms with van der Waals surface area (Å²) < 4.78 is 25.5. The van der Waals surface area contributed by atoms with Crippen molar-refractivity contribution in [3.05, 3.63) is 0 Å². The molecule has 0 aromatic rings. The van der Waals surface area contributed by atoms with Gasteiger partial charge in [-0.2, -0.15) is 0 Å². The summed E-state index contributed by atoms with van der Waals surface area (Å²) in [7, 11) is 0. The van der Waals surface area contributed by atoms with E-state index in [1.54, 1.807) is 20.8 Å². The molecule has 1 aliphatic rings. The predicted molar refractivity (Wildman–Crippen MR) is 72.3 cm³/mol. The Morgan fingerprint density at radius 2 is 1.80 bits per heavy atom. The van der Waals surface area contributed by atoms with Gasteiger partial charge in [0.05, 0.1) is 6.54 Å². The smallest absolute Gasteiger partial charge is 0.255 e. The molecule has 116 valence electrons. The fraction of sp³-hybridized carbons (Fsp3) is 0.857. The fourth-order valence-electron chi connectivity index (χ4n) is 2.39. The Balaban J connectivity index is 3.04. The lowest BCUT2D eigenvalue weighted by Crippen LogP contribution is -2.67. The number of piperazine rings is 1. The van der Waals surface area contributed by atoms with Crippen LogP contribution in [0.25, 0.3) is 0 Å². The molecular weight excluding hydrogens is 266 g/mol. The average molecular weight is 290 g/mol. The maximum atomic E-state index is 12.7. The van der Waals surface area contributed by atoms with Gasteiger partial charge in [-0.25, -0.2) is 8.78 Å². The minimum absolute atomic E-state index is 0.143. The Hall–Kier alpha value is -1.20. The molecule has 0 bridgehead atoms. The molecule has 1 aliphatic heterocycles. The van der Waals surface area contributed by atoms with Crippen LogP contribution in [-0.4, -0.2) is 41.8 Å². The largest absolute Gasteiger partial charge is 0.342 e. The summed E-state index contributed by atoms with van der Waals surface area (Å²) in [6.07, 6.45) is -2.25. The van der Waals surface area contributed by atoms with Gasteiger partial charge in [0, 0.05) is 0 Å². The second-order valence-corrected chi connectivity index (χ2v) is 6.83. The molecule has 0 spiro atoms. The van der Waals surface area contributed by atoms with Crippen LogP contribution in [0.2, 0.25) is 0 Å². The van der Waals surface area contributed by atoms with E-state index in [4.69, 9.17) is 0 Å². The predicted octanol–water partition coefficient (Wildman–Crippen LogP) is 2.04. The first kappa shape index (κ1) is 16.9. The lowest BCUT2D eigenvalue weighted by atomic mass is 9.83. The van der Waals surface area contributed by atoms with Crippen molar-refractivity contribution in [3.8, 4) is 0 Å². The molecule has 2 amide bonds. The third-order valence-electron chi connectivity index (χ3n) is 3.39. The van der Waals surface area contributed by atoms with E-state index >= 15 is 0 Å². The van der Waals surface area contributed by atoms with Crippen molar-refractivity contribution in [2.24, 2.45) is 11.3 Å². The van der Waals surface area contributed by atoms with Crippen molar-refractivity contribution in [3.63, 3.8) is 0 Å². The quantitative estimate of drug-likeness (QED) is 0.861. The van der Waals surface area contributed by atoms with Crippen LogP contribution in [-0.2, 0) is 9.59 Å². The van der Waals surface area contributed by atoms with Gasteiger partial charge in [0.25, 0.3) is 6.43 Å². The van der Waals surface area contributed by atoms with E-state index in [1.807, 2.05) is 13.8 Å². The number of amides is 2. The Morgan fingerprint density at radius 3 is 2.20 bits per heavy atom. The molecule has 0 aliphatic carbocycles. The van der Waals surface area contributed by atoms with Crippen LogP contribution in [0.1, 0.15) is 41.0 Å². The molecule has 0 radical (unpaired) electrons. The zero-order valence-corrected chi connectivity index (χ0v) is 12.7. The Bertz CT molecular complexity index is 378. The second-order valence-electron chi connectivity index (χ2n) is 6.83. The first-order chi connectivity index (χ1) is 9.04. The van der Waals surface area contributed by atoms with Gasteiger partial charge in [-0.1, -0.05) is 34.6 Å². The second kappa shape index (κ2) is 6.06. The van der Waals surface area contributed by atoms with Crippen LogP contribution in [0.3, 0.4) is 0 Å². The summed E-state index contributed by atoms with van der Waals surface area (Å²) in [4.78, 5) is 25.7. The molecule has 2 unspecified atom stereocenters. The van der Waals surface area contributed by atoms with Crippen LogP contribution in [0.4, 0.5) is 8.78 Å². The maximum absolute atomic E-state index is 12.7. The summed E-state index contributed by atoms with van der Waals surface area (Å²) >= 11 is 0. The molecule has 0 aromatic carbocycles. The van der Waals surface area contributed by atoms with Crippen LogP contribution < -0.4 is 5.32 Å². The molecule has 4 nitrogen and oxygen atoms in total. The summed E-state index contributed by atoms with van der Waals surface area (Å²) in [6, 6.07) is -1.55. The molecule has 1 fully saturated rings. The van der Waals surface area contributed by atoms with Gasteiger partial charge in [-0.3, -0.25) is 9.59 Å². The highest BCUT2D eigenvalue weighted by atomic mass is 19.3. The Labute approximate surface area is 118 Å². The molecule has 1 N–H and O–H groups in total. The van der Waals surface area contributed by atoms with Crippen LogP contribution in [0.5, 0.6) is 0 Å². The number of nitrogens with one attached hydrogen (secondary N) is 1. The molecule has 20 heavy (non-hydrogen) atoms. The first-order valence-electron chi connectivity index (χ1n) is 6.93. The minimum Gasteiger partial charge on any atom is -0.342 e. The molecule has 2 atom stereocenters. The number of carbonyl (C=O) groups is 2. The monoisotopic (exact) mass is 290 g/mol. The van der Waals surface area contributed by atoms with Crippen LogP contribution >= 0.6 is 0 Å². The normalized spacial score (nSPS) is 24.6. The van der Waals surface area contributed by atoms with Crippen molar-refractivity contribution in [2.75, 3.05) is 6.54 Å². The SMILES string of the molecule is CC(C)CC1C(=O)NC(C(C)(C)C)C(=O)N1CC(F)F. The number of halogens is 2. The van der Waals surface area contributed by atoms with Crippen molar-refractivity contribution >= 4 is 11.8 Å². The van der Waals surface area contributed by atoms with E-state index in [0.717, 1.165) is 4.90 Å². The summed E-state index contributed by atoms with van der Waals surface area (Å²) in [5.74, 6) is -0.605. The van der Waals surface area contributed by atoms with Gasteiger partial charge in [-0.15, -0.1) is 0 Å². The lowest BCUT2D eigenvalue weighted by Gasteiger charge is -2.43. The van der Waals surface area contributed by atoms with E-state index < -0.39 is 36.4 Å². The standard InChI is InChI=1S/C14H24F2N2O2/c1-8(2)6-9-12(19)17-11(14(3,4)5)13(20)18(9)7-10(15)16/h8-11H,6-7H2,1-5H3,(H,17,19). The van der Waals surface area contributed by atoms with E-state index in [1.165, 1.54) is 0 Å². The third kappa shape index (κ3) is 3.90. The molecule has 0 saturated carbocycles. The Morgan fingerprint density at radius 1 is 1.25 bits per heavy atom. The van der Waals surface area contributed by atoms with Gasteiger partial charge in [0.2, 0.25) is 11.8 Å². The third-order valence-corrected chi connectivity index (χ3v) is 3.39. The number of hydrogen-bond acceptors (Lipinski definition) is 2. The fourth-order valence-corrected chi connectivity index (χ4v) is 2.39. The number of hydrogen-bond donors (Lipinski definition) is 1. The minimum atomic E-state index is -2.64. The van der Waals surface area contributed by atoms with Crippen LogP contribution in [0.15, 0.2) is 0 Å². The highest BCUT2D eigenvalue weighted by Crippen LogP contribution is 2.27. The summed E-state index contributed by atoms with van der Waals surface area (Å²) in [5.41, 5.74) is -0.504. The van der Waals surface area contributed by atoms with Crippen molar-refractivity contribution in [1.82, 2.24) is 10.2 Å². The van der Waals surface area contributed by atoms with Crippen molar-refractivity contribution in [1.29, 1.82) is 0 Å².